The van der Waals surface area contributed by atoms with Crippen LogP contribution in [0.1, 0.15) is 32.3 Å². The molecule has 1 aromatic rings. The van der Waals surface area contributed by atoms with Gasteiger partial charge < -0.3 is 26.8 Å². The number of rotatable bonds is 16. The number of benzene rings is 1. The molecule has 4 atom stereocenters. The van der Waals surface area contributed by atoms with Crippen molar-refractivity contribution in [3.63, 3.8) is 0 Å². The Morgan fingerprint density at radius 2 is 1.29 bits per heavy atom. The highest BCUT2D eigenvalue weighted by atomic mass is 32.2. The molecule has 4 unspecified atom stereocenters. The molecule has 0 aromatic heterocycles. The summed E-state index contributed by atoms with van der Waals surface area (Å²) in [4.78, 5) is 50.4. The van der Waals surface area contributed by atoms with Crippen LogP contribution in [0.5, 0.6) is 0 Å². The van der Waals surface area contributed by atoms with Crippen LogP contribution in [0.25, 0.3) is 0 Å². The lowest BCUT2D eigenvalue weighted by Gasteiger charge is -2.25. The fraction of sp³-hybridized carbons (Fsp3) is 0.583. The zero-order chi connectivity index (χ0) is 26.4. The summed E-state index contributed by atoms with van der Waals surface area (Å²) in [6.07, 6.45) is 4.56. The highest BCUT2D eigenvalue weighted by Crippen LogP contribution is 2.08. The fourth-order valence-corrected chi connectivity index (χ4v) is 4.12. The maximum atomic E-state index is 13.1. The molecule has 0 aliphatic carbocycles. The van der Waals surface area contributed by atoms with Crippen molar-refractivity contribution < 1.29 is 24.3 Å². The number of carbonyl (C=O) groups is 4. The Bertz CT molecular complexity index is 825. The first-order chi connectivity index (χ1) is 16.6. The summed E-state index contributed by atoms with van der Waals surface area (Å²) < 4.78 is 0. The number of nitrogens with one attached hydrogen (secondary N) is 3. The SMILES string of the molecule is CSCCC(NC(=O)C(CCSC)NC(=O)C(N)C(C)C)C(=O)NC(Cc1ccccc1)C(=O)O. The van der Waals surface area contributed by atoms with E-state index in [1.165, 1.54) is 23.5 Å². The van der Waals surface area contributed by atoms with Crippen LogP contribution in [0.3, 0.4) is 0 Å². The Balaban J connectivity index is 2.96. The van der Waals surface area contributed by atoms with Gasteiger partial charge in [0.15, 0.2) is 0 Å². The van der Waals surface area contributed by atoms with Gasteiger partial charge in [0.05, 0.1) is 6.04 Å². The van der Waals surface area contributed by atoms with Crippen molar-refractivity contribution in [3.05, 3.63) is 35.9 Å². The van der Waals surface area contributed by atoms with Crippen LogP contribution in [0.2, 0.25) is 0 Å². The van der Waals surface area contributed by atoms with Gasteiger partial charge in [-0.15, -0.1) is 0 Å². The fourth-order valence-electron chi connectivity index (χ4n) is 3.17. The van der Waals surface area contributed by atoms with Crippen LogP contribution in [0.4, 0.5) is 0 Å². The lowest BCUT2D eigenvalue weighted by molar-refractivity contribution is -0.142. The summed E-state index contributed by atoms with van der Waals surface area (Å²) in [6.45, 7) is 3.64. The third-order valence-electron chi connectivity index (χ3n) is 5.41. The van der Waals surface area contributed by atoms with E-state index in [4.69, 9.17) is 5.73 Å². The van der Waals surface area contributed by atoms with E-state index in [-0.39, 0.29) is 12.3 Å². The molecule has 0 saturated heterocycles. The van der Waals surface area contributed by atoms with Crippen LogP contribution in [-0.2, 0) is 25.6 Å². The molecule has 0 heterocycles. The van der Waals surface area contributed by atoms with Gasteiger partial charge in [0, 0.05) is 6.42 Å². The number of hydrogen-bond donors (Lipinski definition) is 5. The standard InChI is InChI=1S/C24H38N4O5S2/c1-15(2)20(25)23(31)27-18(11-13-35-4)21(29)26-17(10-12-34-3)22(30)28-19(24(32)33)14-16-8-6-5-7-9-16/h5-9,15,17-20H,10-14,25H2,1-4H3,(H,26,29)(H,27,31)(H,28,30)(H,32,33). The van der Waals surface area contributed by atoms with Crippen molar-refractivity contribution in [2.24, 2.45) is 11.7 Å². The van der Waals surface area contributed by atoms with E-state index in [1.54, 1.807) is 24.3 Å². The molecule has 11 heteroatoms. The maximum Gasteiger partial charge on any atom is 0.326 e. The van der Waals surface area contributed by atoms with E-state index in [1.807, 2.05) is 32.4 Å². The highest BCUT2D eigenvalue weighted by molar-refractivity contribution is 7.98. The Morgan fingerprint density at radius 3 is 1.71 bits per heavy atom. The van der Waals surface area contributed by atoms with E-state index >= 15 is 0 Å². The molecule has 0 spiro atoms. The molecule has 9 nitrogen and oxygen atoms in total. The van der Waals surface area contributed by atoms with Gasteiger partial charge in [-0.05, 0) is 48.3 Å². The second kappa shape index (κ2) is 16.4. The van der Waals surface area contributed by atoms with E-state index in [9.17, 15) is 24.3 Å². The second-order valence-electron chi connectivity index (χ2n) is 8.54. The molecule has 196 valence electrons. The van der Waals surface area contributed by atoms with Gasteiger partial charge in [-0.2, -0.15) is 23.5 Å². The zero-order valence-electron chi connectivity index (χ0n) is 20.8. The number of thioether (sulfide) groups is 2. The minimum absolute atomic E-state index is 0.100. The number of hydrogen-bond acceptors (Lipinski definition) is 7. The van der Waals surface area contributed by atoms with Gasteiger partial charge in [0.25, 0.3) is 0 Å². The lowest BCUT2D eigenvalue weighted by Crippen LogP contribution is -2.58. The summed E-state index contributed by atoms with van der Waals surface area (Å²) in [7, 11) is 0. The Hall–Kier alpha value is -2.24. The van der Waals surface area contributed by atoms with Gasteiger partial charge >= 0.3 is 5.97 Å². The molecule has 35 heavy (non-hydrogen) atoms. The zero-order valence-corrected chi connectivity index (χ0v) is 22.4. The summed E-state index contributed by atoms with van der Waals surface area (Å²) in [5.41, 5.74) is 6.70. The number of nitrogens with two attached hydrogens (primary N) is 1. The molecule has 3 amide bonds. The van der Waals surface area contributed by atoms with Gasteiger partial charge in [0.2, 0.25) is 17.7 Å². The summed E-state index contributed by atoms with van der Waals surface area (Å²) in [5.74, 6) is -1.57. The van der Waals surface area contributed by atoms with Gasteiger partial charge in [-0.25, -0.2) is 4.79 Å². The molecule has 1 rings (SSSR count). The van der Waals surface area contributed by atoms with E-state index in [0.29, 0.717) is 24.3 Å². The number of amides is 3. The molecule has 0 fully saturated rings. The molecule has 0 aliphatic rings. The predicted octanol–water partition coefficient (Wildman–Crippen LogP) is 1.26. The molecule has 0 radical (unpaired) electrons. The van der Waals surface area contributed by atoms with Crippen molar-refractivity contribution in [1.29, 1.82) is 0 Å². The van der Waals surface area contributed by atoms with Gasteiger partial charge in [-0.3, -0.25) is 14.4 Å². The van der Waals surface area contributed by atoms with Crippen LogP contribution >= 0.6 is 23.5 Å². The van der Waals surface area contributed by atoms with Crippen LogP contribution in [0, 0.1) is 5.92 Å². The second-order valence-corrected chi connectivity index (χ2v) is 10.5. The molecule has 0 aliphatic heterocycles. The molecular weight excluding hydrogens is 488 g/mol. The molecular formula is C24H38N4O5S2. The third kappa shape index (κ3) is 11.4. The van der Waals surface area contributed by atoms with Crippen LogP contribution in [-0.4, -0.2) is 77.0 Å². The first kappa shape index (κ1) is 30.8. The Kier molecular flexibility index (Phi) is 14.5. The molecule has 6 N–H and O–H groups in total. The summed E-state index contributed by atoms with van der Waals surface area (Å²) in [5, 5.41) is 17.6. The first-order valence-electron chi connectivity index (χ1n) is 11.5. The van der Waals surface area contributed by atoms with Crippen molar-refractivity contribution in [2.75, 3.05) is 24.0 Å². The van der Waals surface area contributed by atoms with Crippen molar-refractivity contribution >= 4 is 47.2 Å². The predicted molar refractivity (Wildman–Crippen MR) is 142 cm³/mol. The van der Waals surface area contributed by atoms with Gasteiger partial charge in [-0.1, -0.05) is 44.2 Å². The lowest BCUT2D eigenvalue weighted by atomic mass is 10.0. The maximum absolute atomic E-state index is 13.1. The van der Waals surface area contributed by atoms with Crippen LogP contribution in [0.15, 0.2) is 30.3 Å². The monoisotopic (exact) mass is 526 g/mol. The number of carboxylic acids is 1. The normalized spacial score (nSPS) is 14.5. The average molecular weight is 527 g/mol. The summed E-state index contributed by atoms with van der Waals surface area (Å²) >= 11 is 3.04. The van der Waals surface area contributed by atoms with Crippen molar-refractivity contribution in [1.82, 2.24) is 16.0 Å². The highest BCUT2D eigenvalue weighted by Gasteiger charge is 2.30. The van der Waals surface area contributed by atoms with Crippen molar-refractivity contribution in [3.8, 4) is 0 Å². The minimum Gasteiger partial charge on any atom is -0.480 e. The number of carbonyl (C=O) groups excluding carboxylic acids is 3. The molecule has 0 saturated carbocycles. The summed E-state index contributed by atoms with van der Waals surface area (Å²) in [6, 6.07) is 5.29. The van der Waals surface area contributed by atoms with E-state index in [2.05, 4.69) is 16.0 Å². The number of aliphatic carboxylic acids is 1. The minimum atomic E-state index is -1.16. The first-order valence-corrected chi connectivity index (χ1v) is 14.3. The van der Waals surface area contributed by atoms with Gasteiger partial charge in [0.1, 0.15) is 18.1 Å². The molecule has 0 bridgehead atoms. The third-order valence-corrected chi connectivity index (χ3v) is 6.69. The smallest absolute Gasteiger partial charge is 0.326 e. The topological polar surface area (TPSA) is 151 Å². The largest absolute Gasteiger partial charge is 0.480 e. The Morgan fingerprint density at radius 1 is 0.829 bits per heavy atom. The van der Waals surface area contributed by atoms with E-state index < -0.39 is 47.9 Å². The average Bonchev–Trinajstić information content (AvgIpc) is 2.83. The Labute approximate surface area is 216 Å². The molecule has 1 aromatic carbocycles. The van der Waals surface area contributed by atoms with Crippen molar-refractivity contribution in [2.45, 2.75) is 57.3 Å². The van der Waals surface area contributed by atoms with Crippen LogP contribution < -0.4 is 21.7 Å². The quantitative estimate of drug-likeness (QED) is 0.216. The van der Waals surface area contributed by atoms with E-state index in [0.717, 1.165) is 5.56 Å². The number of carboxylic acid groups (broad SMARTS) is 1.